The van der Waals surface area contributed by atoms with Crippen molar-refractivity contribution in [2.45, 2.75) is 18.3 Å². The van der Waals surface area contributed by atoms with E-state index in [1.807, 2.05) is 23.9 Å². The fourth-order valence-corrected chi connectivity index (χ4v) is 3.86. The molecule has 3 nitrogen and oxygen atoms in total. The molecule has 0 amide bonds. The number of alkyl halides is 1. The normalized spacial score (nSPS) is 19.2. The highest BCUT2D eigenvalue weighted by molar-refractivity contribution is 7.99. The Morgan fingerprint density at radius 1 is 1.56 bits per heavy atom. The van der Waals surface area contributed by atoms with Gasteiger partial charge in [-0.1, -0.05) is 6.07 Å². The van der Waals surface area contributed by atoms with Gasteiger partial charge in [-0.05, 0) is 24.3 Å². The zero-order valence-corrected chi connectivity index (χ0v) is 11.3. The second-order valence-electron chi connectivity index (χ2n) is 4.33. The van der Waals surface area contributed by atoms with Crippen LogP contribution in [0.1, 0.15) is 23.9 Å². The molecule has 0 bridgehead atoms. The minimum Gasteiger partial charge on any atom is -0.323 e. The molecule has 0 radical (unpaired) electrons. The van der Waals surface area contributed by atoms with E-state index in [1.54, 1.807) is 6.07 Å². The first kappa shape index (κ1) is 11.9. The molecule has 0 spiro atoms. The zero-order valence-electron chi connectivity index (χ0n) is 9.77. The number of para-hydroxylation sites is 1. The number of nitriles is 1. The Morgan fingerprint density at radius 3 is 3.11 bits per heavy atom. The molecule has 0 aliphatic carbocycles. The molecule has 1 unspecified atom stereocenters. The molecule has 2 aromatic rings. The summed E-state index contributed by atoms with van der Waals surface area (Å²) in [6, 6.07) is 8.41. The van der Waals surface area contributed by atoms with Crippen LogP contribution in [-0.2, 0) is 5.88 Å². The second kappa shape index (κ2) is 4.83. The molecule has 1 aliphatic heterocycles. The highest BCUT2D eigenvalue weighted by Gasteiger charge is 2.23. The number of rotatable bonds is 2. The number of aromatic nitrogens is 2. The third-order valence-corrected chi connectivity index (χ3v) is 4.69. The Bertz CT molecular complexity index is 623. The van der Waals surface area contributed by atoms with Gasteiger partial charge >= 0.3 is 0 Å². The van der Waals surface area contributed by atoms with Crippen molar-refractivity contribution in [3.05, 3.63) is 29.6 Å². The van der Waals surface area contributed by atoms with E-state index in [2.05, 4.69) is 15.6 Å². The molecule has 92 valence electrons. The van der Waals surface area contributed by atoms with Crippen LogP contribution >= 0.6 is 23.4 Å². The topological polar surface area (TPSA) is 41.6 Å². The maximum absolute atomic E-state index is 9.14. The maximum Gasteiger partial charge on any atom is 0.125 e. The quantitative estimate of drug-likeness (QED) is 0.791. The summed E-state index contributed by atoms with van der Waals surface area (Å²) in [5.74, 6) is 3.55. The van der Waals surface area contributed by atoms with Crippen LogP contribution in [0.15, 0.2) is 18.2 Å². The molecule has 1 aromatic heterocycles. The number of hydrogen-bond acceptors (Lipinski definition) is 3. The predicted octanol–water partition coefficient (Wildman–Crippen LogP) is 3.32. The van der Waals surface area contributed by atoms with Gasteiger partial charge in [0.05, 0.1) is 17.0 Å². The number of hydrogen-bond donors (Lipinski definition) is 0. The molecule has 0 saturated carbocycles. The number of halogens is 1. The van der Waals surface area contributed by atoms with Gasteiger partial charge in [0.25, 0.3) is 0 Å². The molecule has 3 rings (SSSR count). The van der Waals surface area contributed by atoms with Crippen LogP contribution in [0.25, 0.3) is 11.0 Å². The van der Waals surface area contributed by atoms with Gasteiger partial charge in [-0.2, -0.15) is 17.0 Å². The summed E-state index contributed by atoms with van der Waals surface area (Å²) in [4.78, 5) is 4.55. The molecule has 1 aromatic carbocycles. The fourth-order valence-electron chi connectivity index (χ4n) is 2.48. The molecule has 1 fully saturated rings. The number of thioether (sulfide) groups is 1. The van der Waals surface area contributed by atoms with Gasteiger partial charge in [0.1, 0.15) is 17.4 Å². The smallest absolute Gasteiger partial charge is 0.125 e. The summed E-state index contributed by atoms with van der Waals surface area (Å²) in [7, 11) is 0. The first-order valence-corrected chi connectivity index (χ1v) is 7.57. The third kappa shape index (κ3) is 1.79. The monoisotopic (exact) mass is 277 g/mol. The van der Waals surface area contributed by atoms with Gasteiger partial charge < -0.3 is 4.57 Å². The van der Waals surface area contributed by atoms with E-state index in [9.17, 15) is 0 Å². The van der Waals surface area contributed by atoms with Crippen molar-refractivity contribution in [2.75, 3.05) is 11.5 Å². The van der Waals surface area contributed by atoms with Crippen LogP contribution in [0, 0.1) is 11.3 Å². The highest BCUT2D eigenvalue weighted by atomic mass is 35.5. The minimum atomic E-state index is 0.390. The Labute approximate surface area is 115 Å². The van der Waals surface area contributed by atoms with E-state index in [0.717, 1.165) is 29.0 Å². The maximum atomic E-state index is 9.14. The van der Waals surface area contributed by atoms with Crippen molar-refractivity contribution < 1.29 is 0 Å². The van der Waals surface area contributed by atoms with Crippen LogP contribution in [-0.4, -0.2) is 21.1 Å². The van der Waals surface area contributed by atoms with Crippen LogP contribution in [0.5, 0.6) is 0 Å². The first-order chi connectivity index (χ1) is 8.85. The lowest BCUT2D eigenvalue weighted by Gasteiger charge is -2.14. The lowest BCUT2D eigenvalue weighted by molar-refractivity contribution is 0.558. The number of nitrogens with zero attached hydrogens (tertiary/aromatic N) is 3. The minimum absolute atomic E-state index is 0.390. The molecule has 2 heterocycles. The van der Waals surface area contributed by atoms with Gasteiger partial charge in [-0.3, -0.25) is 0 Å². The van der Waals surface area contributed by atoms with Crippen molar-refractivity contribution in [1.29, 1.82) is 5.26 Å². The number of imidazole rings is 1. The van der Waals surface area contributed by atoms with E-state index < -0.39 is 0 Å². The number of fused-ring (bicyclic) bond motifs is 1. The van der Waals surface area contributed by atoms with E-state index >= 15 is 0 Å². The Morgan fingerprint density at radius 2 is 2.44 bits per heavy atom. The SMILES string of the molecule is N#Cc1cccc2c1nc(CCl)n2C1CCSC1. The van der Waals surface area contributed by atoms with Crippen molar-refractivity contribution in [1.82, 2.24) is 9.55 Å². The Kier molecular flexibility index (Phi) is 3.19. The van der Waals surface area contributed by atoms with Crippen LogP contribution in [0.2, 0.25) is 0 Å². The summed E-state index contributed by atoms with van der Waals surface area (Å²) in [5.41, 5.74) is 2.45. The van der Waals surface area contributed by atoms with Crippen LogP contribution in [0.3, 0.4) is 0 Å². The highest BCUT2D eigenvalue weighted by Crippen LogP contribution is 2.33. The fraction of sp³-hybridized carbons (Fsp3) is 0.385. The average Bonchev–Trinajstić information content (AvgIpc) is 3.03. The number of benzene rings is 1. The predicted molar refractivity (Wildman–Crippen MR) is 75.0 cm³/mol. The zero-order chi connectivity index (χ0) is 12.5. The molecule has 1 atom stereocenters. The molecule has 1 aliphatic rings. The van der Waals surface area contributed by atoms with Gasteiger partial charge in [0.2, 0.25) is 0 Å². The Hall–Kier alpha value is -1.18. The third-order valence-electron chi connectivity index (χ3n) is 3.30. The Balaban J connectivity index is 2.25. The van der Waals surface area contributed by atoms with Crippen molar-refractivity contribution in [3.63, 3.8) is 0 Å². The molecular weight excluding hydrogens is 266 g/mol. The van der Waals surface area contributed by atoms with Gasteiger partial charge in [0.15, 0.2) is 0 Å². The largest absolute Gasteiger partial charge is 0.323 e. The molecule has 1 saturated heterocycles. The van der Waals surface area contributed by atoms with Crippen molar-refractivity contribution >= 4 is 34.4 Å². The standard InChI is InChI=1S/C13H12ClN3S/c14-6-12-16-13-9(7-15)2-1-3-11(13)17(12)10-4-5-18-8-10/h1-3,10H,4-6,8H2. The van der Waals surface area contributed by atoms with Crippen molar-refractivity contribution in [2.24, 2.45) is 0 Å². The van der Waals surface area contributed by atoms with Crippen molar-refractivity contribution in [3.8, 4) is 6.07 Å². The summed E-state index contributed by atoms with van der Waals surface area (Å²) in [5, 5.41) is 9.14. The lowest BCUT2D eigenvalue weighted by Crippen LogP contribution is -2.10. The van der Waals surface area contributed by atoms with Crippen LogP contribution < -0.4 is 0 Å². The van der Waals surface area contributed by atoms with E-state index in [1.165, 1.54) is 5.75 Å². The second-order valence-corrected chi connectivity index (χ2v) is 5.75. The molecule has 0 N–H and O–H groups in total. The first-order valence-electron chi connectivity index (χ1n) is 5.88. The van der Waals surface area contributed by atoms with E-state index in [-0.39, 0.29) is 0 Å². The summed E-state index contributed by atoms with van der Waals surface area (Å²) >= 11 is 7.97. The average molecular weight is 278 g/mol. The van der Waals surface area contributed by atoms with Gasteiger partial charge in [-0.25, -0.2) is 4.98 Å². The molecule has 5 heteroatoms. The summed E-state index contributed by atoms with van der Waals surface area (Å²) in [6.07, 6.45) is 1.15. The summed E-state index contributed by atoms with van der Waals surface area (Å²) in [6.45, 7) is 0. The van der Waals surface area contributed by atoms with E-state index in [4.69, 9.17) is 16.9 Å². The lowest BCUT2D eigenvalue weighted by atomic mass is 10.2. The summed E-state index contributed by atoms with van der Waals surface area (Å²) < 4.78 is 2.23. The molecule has 18 heavy (non-hydrogen) atoms. The van der Waals surface area contributed by atoms with Gasteiger partial charge in [-0.15, -0.1) is 11.6 Å². The van der Waals surface area contributed by atoms with Crippen LogP contribution in [0.4, 0.5) is 0 Å². The van der Waals surface area contributed by atoms with Gasteiger partial charge in [0, 0.05) is 11.8 Å². The molecular formula is C13H12ClN3S. The van der Waals surface area contributed by atoms with E-state index in [0.29, 0.717) is 17.5 Å².